The molecule has 110 valence electrons. The van der Waals surface area contributed by atoms with E-state index in [2.05, 4.69) is 5.32 Å². The Morgan fingerprint density at radius 2 is 1.77 bits per heavy atom. The van der Waals surface area contributed by atoms with Crippen molar-refractivity contribution in [1.82, 2.24) is 5.32 Å². The Labute approximate surface area is 147 Å². The summed E-state index contributed by atoms with van der Waals surface area (Å²) >= 11 is 18.3. The zero-order valence-corrected chi connectivity index (χ0v) is 14.2. The zero-order valence-electron chi connectivity index (χ0n) is 11.1. The van der Waals surface area contributed by atoms with Crippen LogP contribution in [0.2, 0.25) is 10.0 Å². The molecule has 1 saturated heterocycles. The van der Waals surface area contributed by atoms with Crippen LogP contribution in [0.25, 0.3) is 17.2 Å². The number of carbonyl (C=O) groups excluding carboxylic acids is 1. The highest BCUT2D eigenvalue weighted by Crippen LogP contribution is 2.30. The number of amides is 1. The molecule has 2 nitrogen and oxygen atoms in total. The fourth-order valence-corrected chi connectivity index (χ4v) is 3.67. The van der Waals surface area contributed by atoms with Crippen LogP contribution < -0.4 is 5.32 Å². The molecule has 0 spiro atoms. The number of thiocarbonyl (C=S) groups is 1. The molecular weight excluding hydrogens is 357 g/mol. The van der Waals surface area contributed by atoms with Crippen molar-refractivity contribution in [3.05, 3.63) is 63.0 Å². The number of hydrogen-bond donors (Lipinski definition) is 1. The molecule has 2 aromatic carbocycles. The van der Waals surface area contributed by atoms with Gasteiger partial charge in [-0.05, 0) is 47.0 Å². The highest BCUT2D eigenvalue weighted by Gasteiger charge is 2.21. The third-order valence-electron chi connectivity index (χ3n) is 3.02. The first-order valence-corrected chi connectivity index (χ1v) is 8.31. The Morgan fingerprint density at radius 1 is 1.05 bits per heavy atom. The molecule has 22 heavy (non-hydrogen) atoms. The van der Waals surface area contributed by atoms with Crippen LogP contribution in [0, 0.1) is 0 Å². The lowest BCUT2D eigenvalue weighted by molar-refractivity contribution is -0.115. The summed E-state index contributed by atoms with van der Waals surface area (Å²) < 4.78 is 0.481. The number of hydrogen-bond acceptors (Lipinski definition) is 3. The van der Waals surface area contributed by atoms with E-state index in [-0.39, 0.29) is 5.91 Å². The first kappa shape index (κ1) is 15.6. The largest absolute Gasteiger partial charge is 0.307 e. The molecule has 2 aromatic rings. The number of halogens is 2. The molecule has 1 amide bonds. The second-order valence-corrected chi connectivity index (χ2v) is 7.23. The van der Waals surface area contributed by atoms with Gasteiger partial charge in [0.1, 0.15) is 4.32 Å². The van der Waals surface area contributed by atoms with Gasteiger partial charge < -0.3 is 5.32 Å². The normalized spacial score (nSPS) is 16.2. The van der Waals surface area contributed by atoms with Crippen LogP contribution in [0.5, 0.6) is 0 Å². The standard InChI is InChI=1S/C16H9Cl2NOS2/c17-12-6-11(7-13(18)8-12)10-3-1-2-9(4-10)5-14-15(20)19-16(21)22-14/h1-8H,(H,19,20,21)/b14-5-. The highest BCUT2D eigenvalue weighted by molar-refractivity contribution is 8.26. The van der Waals surface area contributed by atoms with Crippen LogP contribution in [0.3, 0.4) is 0 Å². The fraction of sp³-hybridized carbons (Fsp3) is 0. The molecule has 3 rings (SSSR count). The van der Waals surface area contributed by atoms with E-state index in [0.717, 1.165) is 16.7 Å². The molecular formula is C16H9Cl2NOS2. The quantitative estimate of drug-likeness (QED) is 0.589. The minimum absolute atomic E-state index is 0.161. The van der Waals surface area contributed by atoms with Gasteiger partial charge in [0.25, 0.3) is 5.91 Å². The molecule has 0 radical (unpaired) electrons. The van der Waals surface area contributed by atoms with Gasteiger partial charge in [0.15, 0.2) is 0 Å². The fourth-order valence-electron chi connectivity index (χ4n) is 2.10. The van der Waals surface area contributed by atoms with Gasteiger partial charge in [0, 0.05) is 10.0 Å². The number of rotatable bonds is 2. The van der Waals surface area contributed by atoms with Crippen molar-refractivity contribution in [2.24, 2.45) is 0 Å². The number of carbonyl (C=O) groups is 1. The SMILES string of the molecule is O=C1NC(=S)S/C1=C\c1cccc(-c2cc(Cl)cc(Cl)c2)c1. The van der Waals surface area contributed by atoms with E-state index < -0.39 is 0 Å². The van der Waals surface area contributed by atoms with E-state index in [1.54, 1.807) is 6.07 Å². The van der Waals surface area contributed by atoms with E-state index in [4.69, 9.17) is 35.4 Å². The van der Waals surface area contributed by atoms with Gasteiger partial charge in [-0.15, -0.1) is 0 Å². The predicted molar refractivity (Wildman–Crippen MR) is 98.2 cm³/mol. The number of thioether (sulfide) groups is 1. The summed E-state index contributed by atoms with van der Waals surface area (Å²) in [5, 5.41) is 3.77. The second kappa shape index (κ2) is 6.42. The molecule has 1 fully saturated rings. The van der Waals surface area contributed by atoms with Gasteiger partial charge in [-0.1, -0.05) is 65.4 Å². The Kier molecular flexibility index (Phi) is 4.54. The van der Waals surface area contributed by atoms with Crippen LogP contribution in [-0.2, 0) is 4.79 Å². The zero-order chi connectivity index (χ0) is 15.7. The maximum Gasteiger partial charge on any atom is 0.263 e. The second-order valence-electron chi connectivity index (χ2n) is 4.64. The molecule has 0 saturated carbocycles. The summed E-state index contributed by atoms with van der Waals surface area (Å²) in [4.78, 5) is 12.3. The summed E-state index contributed by atoms with van der Waals surface area (Å²) in [6.07, 6.45) is 1.81. The van der Waals surface area contributed by atoms with Gasteiger partial charge >= 0.3 is 0 Å². The predicted octanol–water partition coefficient (Wildman–Crippen LogP) is 5.15. The smallest absolute Gasteiger partial charge is 0.263 e. The summed E-state index contributed by atoms with van der Waals surface area (Å²) in [6.45, 7) is 0. The highest BCUT2D eigenvalue weighted by atomic mass is 35.5. The Morgan fingerprint density at radius 3 is 2.41 bits per heavy atom. The van der Waals surface area contributed by atoms with Crippen molar-refractivity contribution in [2.75, 3.05) is 0 Å². The Hall–Kier alpha value is -1.33. The molecule has 1 N–H and O–H groups in total. The maximum atomic E-state index is 11.7. The van der Waals surface area contributed by atoms with Gasteiger partial charge in [-0.3, -0.25) is 4.79 Å². The lowest BCUT2D eigenvalue weighted by atomic mass is 10.0. The van der Waals surface area contributed by atoms with Crippen molar-refractivity contribution in [3.63, 3.8) is 0 Å². The monoisotopic (exact) mass is 365 g/mol. The van der Waals surface area contributed by atoms with E-state index in [1.165, 1.54) is 11.8 Å². The summed E-state index contributed by atoms with van der Waals surface area (Å²) in [7, 11) is 0. The molecule has 0 bridgehead atoms. The lowest BCUT2D eigenvalue weighted by Gasteiger charge is -2.05. The van der Waals surface area contributed by atoms with Crippen molar-refractivity contribution in [1.29, 1.82) is 0 Å². The van der Waals surface area contributed by atoms with Crippen molar-refractivity contribution >= 4 is 63.5 Å². The number of benzene rings is 2. The lowest BCUT2D eigenvalue weighted by Crippen LogP contribution is -2.17. The molecule has 0 aromatic heterocycles. The van der Waals surface area contributed by atoms with Crippen LogP contribution >= 0.6 is 47.2 Å². The van der Waals surface area contributed by atoms with Crippen molar-refractivity contribution in [2.45, 2.75) is 0 Å². The van der Waals surface area contributed by atoms with Gasteiger partial charge in [0.05, 0.1) is 4.91 Å². The maximum absolute atomic E-state index is 11.7. The Bertz CT molecular complexity index is 797. The first-order chi connectivity index (χ1) is 10.5. The molecule has 0 unspecified atom stereocenters. The molecule has 6 heteroatoms. The van der Waals surface area contributed by atoms with Crippen molar-refractivity contribution < 1.29 is 4.79 Å². The minimum atomic E-state index is -0.161. The van der Waals surface area contributed by atoms with E-state index >= 15 is 0 Å². The van der Waals surface area contributed by atoms with Gasteiger partial charge in [0.2, 0.25) is 0 Å². The average molecular weight is 366 g/mol. The van der Waals surface area contributed by atoms with Gasteiger partial charge in [-0.2, -0.15) is 0 Å². The number of nitrogens with one attached hydrogen (secondary N) is 1. The third kappa shape index (κ3) is 3.52. The minimum Gasteiger partial charge on any atom is -0.307 e. The van der Waals surface area contributed by atoms with E-state index in [9.17, 15) is 4.79 Å². The van der Waals surface area contributed by atoms with Crippen LogP contribution in [0.1, 0.15) is 5.56 Å². The van der Waals surface area contributed by atoms with Crippen molar-refractivity contribution in [3.8, 4) is 11.1 Å². The van der Waals surface area contributed by atoms with Crippen LogP contribution in [-0.4, -0.2) is 10.2 Å². The van der Waals surface area contributed by atoms with Crippen LogP contribution in [0.15, 0.2) is 47.4 Å². The topological polar surface area (TPSA) is 29.1 Å². The Balaban J connectivity index is 1.98. The summed E-state index contributed by atoms with van der Waals surface area (Å²) in [5.74, 6) is -0.161. The molecule has 1 aliphatic heterocycles. The third-order valence-corrected chi connectivity index (χ3v) is 4.62. The molecule has 0 aliphatic carbocycles. The van der Waals surface area contributed by atoms with Gasteiger partial charge in [-0.25, -0.2) is 0 Å². The summed E-state index contributed by atoms with van der Waals surface area (Å²) in [5.41, 5.74) is 2.82. The van der Waals surface area contributed by atoms with Crippen LogP contribution in [0.4, 0.5) is 0 Å². The molecule has 1 aliphatic rings. The molecule has 0 atom stereocenters. The summed E-state index contributed by atoms with van der Waals surface area (Å²) in [6, 6.07) is 13.2. The van der Waals surface area contributed by atoms with E-state index in [0.29, 0.717) is 19.3 Å². The average Bonchev–Trinajstić information content (AvgIpc) is 2.76. The van der Waals surface area contributed by atoms with E-state index in [1.807, 2.05) is 42.5 Å². The molecule has 1 heterocycles. The first-order valence-electron chi connectivity index (χ1n) is 6.33.